The van der Waals surface area contributed by atoms with Crippen molar-refractivity contribution in [3.63, 3.8) is 0 Å². The molecule has 4 rings (SSSR count). The second-order valence-corrected chi connectivity index (χ2v) is 6.99. The molecule has 2 aliphatic rings. The average Bonchev–Trinajstić information content (AvgIpc) is 2.64. The van der Waals surface area contributed by atoms with Gasteiger partial charge in [0.1, 0.15) is 11.8 Å². The number of ether oxygens (including phenoxy) is 1. The van der Waals surface area contributed by atoms with Crippen LogP contribution in [-0.2, 0) is 16.9 Å². The lowest BCUT2D eigenvalue weighted by Crippen LogP contribution is -2.60. The molecule has 2 aromatic rings. The first-order valence-corrected chi connectivity index (χ1v) is 8.64. The van der Waals surface area contributed by atoms with Crippen LogP contribution in [-0.4, -0.2) is 40.3 Å². The Balaban J connectivity index is 1.56. The van der Waals surface area contributed by atoms with Gasteiger partial charge in [-0.3, -0.25) is 4.90 Å². The summed E-state index contributed by atoms with van der Waals surface area (Å²) in [5.74, 6) is 0. The number of aromatic nitrogens is 1. The van der Waals surface area contributed by atoms with Crippen LogP contribution in [0.5, 0.6) is 0 Å². The molecule has 2 unspecified atom stereocenters. The summed E-state index contributed by atoms with van der Waals surface area (Å²) < 4.78 is 5.76. The SMILES string of the molecule is N#Cc1ccc(C2(O)CC3COCC(C2)N3Cc2ccccc2)cn1. The van der Waals surface area contributed by atoms with Crippen molar-refractivity contribution in [2.45, 2.75) is 37.1 Å². The Hall–Kier alpha value is -2.26. The van der Waals surface area contributed by atoms with Gasteiger partial charge in [-0.15, -0.1) is 0 Å². The number of aliphatic hydroxyl groups is 1. The third-order valence-corrected chi connectivity index (χ3v) is 5.33. The monoisotopic (exact) mass is 335 g/mol. The van der Waals surface area contributed by atoms with E-state index in [2.05, 4.69) is 34.1 Å². The summed E-state index contributed by atoms with van der Waals surface area (Å²) in [6.07, 6.45) is 2.87. The number of morpholine rings is 1. The lowest BCUT2D eigenvalue weighted by Gasteiger charge is -2.51. The highest BCUT2D eigenvalue weighted by molar-refractivity contribution is 5.28. The van der Waals surface area contributed by atoms with E-state index in [1.807, 2.05) is 18.2 Å². The predicted molar refractivity (Wildman–Crippen MR) is 92.5 cm³/mol. The summed E-state index contributed by atoms with van der Waals surface area (Å²) in [5.41, 5.74) is 1.54. The van der Waals surface area contributed by atoms with Crippen molar-refractivity contribution in [3.05, 3.63) is 65.5 Å². The highest BCUT2D eigenvalue weighted by Crippen LogP contribution is 2.41. The van der Waals surface area contributed by atoms with Crippen LogP contribution in [0.2, 0.25) is 0 Å². The predicted octanol–water partition coefficient (Wildman–Crippen LogP) is 2.20. The molecule has 2 aliphatic heterocycles. The van der Waals surface area contributed by atoms with Crippen molar-refractivity contribution < 1.29 is 9.84 Å². The van der Waals surface area contributed by atoms with E-state index in [1.54, 1.807) is 12.3 Å². The van der Waals surface area contributed by atoms with Gasteiger partial charge >= 0.3 is 0 Å². The number of hydrogen-bond donors (Lipinski definition) is 1. The van der Waals surface area contributed by atoms with Crippen LogP contribution >= 0.6 is 0 Å². The normalized spacial score (nSPS) is 29.1. The largest absolute Gasteiger partial charge is 0.385 e. The van der Waals surface area contributed by atoms with Gasteiger partial charge in [0.25, 0.3) is 0 Å². The topological polar surface area (TPSA) is 69.4 Å². The molecule has 0 saturated carbocycles. The lowest BCUT2D eigenvalue weighted by atomic mass is 9.77. The second kappa shape index (κ2) is 6.57. The van der Waals surface area contributed by atoms with Gasteiger partial charge in [0.2, 0.25) is 0 Å². The summed E-state index contributed by atoms with van der Waals surface area (Å²) in [4.78, 5) is 6.59. The summed E-state index contributed by atoms with van der Waals surface area (Å²) in [7, 11) is 0. The van der Waals surface area contributed by atoms with Crippen molar-refractivity contribution in [2.75, 3.05) is 13.2 Å². The Kier molecular flexibility index (Phi) is 4.26. The van der Waals surface area contributed by atoms with Crippen LogP contribution in [0.15, 0.2) is 48.7 Å². The van der Waals surface area contributed by atoms with Crippen LogP contribution < -0.4 is 0 Å². The van der Waals surface area contributed by atoms with Gasteiger partial charge in [0.15, 0.2) is 0 Å². The molecule has 128 valence electrons. The number of hydrogen-bond acceptors (Lipinski definition) is 5. The first kappa shape index (κ1) is 16.2. The van der Waals surface area contributed by atoms with E-state index in [0.29, 0.717) is 31.7 Å². The highest BCUT2D eigenvalue weighted by Gasteiger charge is 2.47. The maximum atomic E-state index is 11.3. The molecule has 2 fully saturated rings. The number of rotatable bonds is 3. The van der Waals surface area contributed by atoms with Crippen LogP contribution in [0.25, 0.3) is 0 Å². The summed E-state index contributed by atoms with van der Waals surface area (Å²) in [6.45, 7) is 2.14. The molecule has 1 aromatic heterocycles. The Morgan fingerprint density at radius 1 is 1.16 bits per heavy atom. The van der Waals surface area contributed by atoms with Crippen LogP contribution in [0, 0.1) is 11.3 Å². The van der Waals surface area contributed by atoms with Gasteiger partial charge in [-0.1, -0.05) is 36.4 Å². The molecule has 3 heterocycles. The molecule has 0 aliphatic carbocycles. The average molecular weight is 335 g/mol. The van der Waals surface area contributed by atoms with Crippen molar-refractivity contribution in [3.8, 4) is 6.07 Å². The number of nitriles is 1. The zero-order chi connectivity index (χ0) is 17.3. The molecular formula is C20H21N3O2. The first-order chi connectivity index (χ1) is 12.2. The molecule has 1 N–H and O–H groups in total. The molecule has 2 bridgehead atoms. The van der Waals surface area contributed by atoms with E-state index in [4.69, 9.17) is 10.00 Å². The van der Waals surface area contributed by atoms with E-state index < -0.39 is 5.60 Å². The molecule has 25 heavy (non-hydrogen) atoms. The summed E-state index contributed by atoms with van der Waals surface area (Å²) in [6, 6.07) is 16.3. The summed E-state index contributed by atoms with van der Waals surface area (Å²) >= 11 is 0. The minimum Gasteiger partial charge on any atom is -0.385 e. The number of pyridine rings is 1. The fourth-order valence-electron chi connectivity index (χ4n) is 4.07. The smallest absolute Gasteiger partial charge is 0.140 e. The van der Waals surface area contributed by atoms with Gasteiger partial charge in [-0.25, -0.2) is 4.98 Å². The number of nitrogens with zero attached hydrogens (tertiary/aromatic N) is 3. The number of fused-ring (bicyclic) bond motifs is 2. The van der Waals surface area contributed by atoms with E-state index >= 15 is 0 Å². The minimum absolute atomic E-state index is 0.174. The number of benzene rings is 1. The maximum Gasteiger partial charge on any atom is 0.140 e. The standard InChI is InChI=1S/C20H21N3O2/c21-10-17-7-6-16(11-22-17)20(24)8-18-13-25-14-19(9-20)23(18)12-15-4-2-1-3-5-15/h1-7,11,18-19,24H,8-9,12-14H2. The third kappa shape index (κ3) is 3.16. The molecule has 2 saturated heterocycles. The van der Waals surface area contributed by atoms with Crippen LogP contribution in [0.3, 0.4) is 0 Å². The van der Waals surface area contributed by atoms with Gasteiger partial charge in [0, 0.05) is 30.4 Å². The second-order valence-electron chi connectivity index (χ2n) is 6.99. The number of piperidine rings is 1. The van der Waals surface area contributed by atoms with E-state index in [0.717, 1.165) is 12.1 Å². The van der Waals surface area contributed by atoms with E-state index in [-0.39, 0.29) is 12.1 Å². The zero-order valence-electron chi connectivity index (χ0n) is 14.0. The van der Waals surface area contributed by atoms with Gasteiger partial charge in [0.05, 0.1) is 18.8 Å². The van der Waals surface area contributed by atoms with Gasteiger partial charge < -0.3 is 9.84 Å². The molecule has 2 atom stereocenters. The third-order valence-electron chi connectivity index (χ3n) is 5.33. The molecule has 5 heteroatoms. The molecule has 0 amide bonds. The quantitative estimate of drug-likeness (QED) is 0.931. The van der Waals surface area contributed by atoms with Crippen molar-refractivity contribution in [2.24, 2.45) is 0 Å². The highest BCUT2D eigenvalue weighted by atomic mass is 16.5. The fraction of sp³-hybridized carbons (Fsp3) is 0.400. The Labute approximate surface area is 147 Å². The molecule has 1 aromatic carbocycles. The van der Waals surface area contributed by atoms with E-state index in [9.17, 15) is 5.11 Å². The molecule has 0 spiro atoms. The maximum absolute atomic E-state index is 11.3. The molecule has 0 radical (unpaired) electrons. The van der Waals surface area contributed by atoms with Crippen LogP contribution in [0.4, 0.5) is 0 Å². The summed E-state index contributed by atoms with van der Waals surface area (Å²) in [5, 5.41) is 20.2. The van der Waals surface area contributed by atoms with E-state index in [1.165, 1.54) is 5.56 Å². The Morgan fingerprint density at radius 3 is 2.48 bits per heavy atom. The first-order valence-electron chi connectivity index (χ1n) is 8.64. The Morgan fingerprint density at radius 2 is 1.88 bits per heavy atom. The van der Waals surface area contributed by atoms with Crippen molar-refractivity contribution in [1.29, 1.82) is 5.26 Å². The Bertz CT molecular complexity index is 756. The van der Waals surface area contributed by atoms with Crippen molar-refractivity contribution in [1.82, 2.24) is 9.88 Å². The van der Waals surface area contributed by atoms with Crippen molar-refractivity contribution >= 4 is 0 Å². The fourth-order valence-corrected chi connectivity index (χ4v) is 4.07. The van der Waals surface area contributed by atoms with Crippen LogP contribution in [0.1, 0.15) is 29.7 Å². The van der Waals surface area contributed by atoms with Gasteiger partial charge in [-0.05, 0) is 24.5 Å². The minimum atomic E-state index is -0.909. The van der Waals surface area contributed by atoms with Gasteiger partial charge in [-0.2, -0.15) is 5.26 Å². The molecular weight excluding hydrogens is 314 g/mol. The lowest BCUT2D eigenvalue weighted by molar-refractivity contribution is -0.149. The zero-order valence-corrected chi connectivity index (χ0v) is 14.0. The molecule has 5 nitrogen and oxygen atoms in total.